The lowest BCUT2D eigenvalue weighted by Gasteiger charge is -2.21. The Morgan fingerprint density at radius 3 is 2.62 bits per heavy atom. The summed E-state index contributed by atoms with van der Waals surface area (Å²) in [4.78, 5) is 0. The molecule has 2 unspecified atom stereocenters. The monoisotopic (exact) mass is 237 g/mol. The molecule has 1 aromatic carbocycles. The van der Waals surface area contributed by atoms with Gasteiger partial charge in [-0.2, -0.15) is 0 Å². The van der Waals surface area contributed by atoms with Crippen LogP contribution < -0.4 is 5.32 Å². The lowest BCUT2D eigenvalue weighted by molar-refractivity contribution is 0.446. The molecule has 1 aliphatic carbocycles. The van der Waals surface area contributed by atoms with Crippen molar-refractivity contribution < 1.29 is 0 Å². The smallest absolute Gasteiger partial charge is 0.0440 e. The van der Waals surface area contributed by atoms with Gasteiger partial charge in [-0.3, -0.25) is 0 Å². The van der Waals surface area contributed by atoms with Gasteiger partial charge in [0.1, 0.15) is 0 Å². The summed E-state index contributed by atoms with van der Waals surface area (Å²) in [6.45, 7) is 5.65. The third-order valence-electron chi connectivity index (χ3n) is 3.56. The minimum atomic E-state index is 0.514. The Bertz CT molecular complexity index is 346. The third kappa shape index (κ3) is 2.99. The molecule has 0 amide bonds. The summed E-state index contributed by atoms with van der Waals surface area (Å²) in [5, 5.41) is 4.48. The van der Waals surface area contributed by atoms with E-state index in [1.807, 2.05) is 12.1 Å². The van der Waals surface area contributed by atoms with Gasteiger partial charge in [0, 0.05) is 11.1 Å². The maximum atomic E-state index is 6.22. The Morgan fingerprint density at radius 2 is 2.00 bits per heavy atom. The fraction of sp³-hybridized carbons (Fsp3) is 0.571. The van der Waals surface area contributed by atoms with Crippen molar-refractivity contribution in [2.45, 2.75) is 38.6 Å². The standard InChI is InChI=1S/C14H20ClN/c1-10(9-16-12-7-8-12)11(2)13-5-3-4-6-14(13)15/h3-6,10-12,16H,7-9H2,1-2H3. The van der Waals surface area contributed by atoms with Gasteiger partial charge in [-0.05, 0) is 42.9 Å². The van der Waals surface area contributed by atoms with Crippen LogP contribution in [0.3, 0.4) is 0 Å². The van der Waals surface area contributed by atoms with Crippen LogP contribution in [0.2, 0.25) is 5.02 Å². The van der Waals surface area contributed by atoms with Gasteiger partial charge in [0.05, 0.1) is 0 Å². The van der Waals surface area contributed by atoms with E-state index in [9.17, 15) is 0 Å². The van der Waals surface area contributed by atoms with E-state index in [2.05, 4.69) is 31.3 Å². The quantitative estimate of drug-likeness (QED) is 0.821. The number of hydrogen-bond donors (Lipinski definition) is 1. The van der Waals surface area contributed by atoms with Gasteiger partial charge < -0.3 is 5.32 Å². The highest BCUT2D eigenvalue weighted by molar-refractivity contribution is 6.31. The molecule has 1 N–H and O–H groups in total. The van der Waals surface area contributed by atoms with Crippen molar-refractivity contribution in [2.75, 3.05) is 6.54 Å². The van der Waals surface area contributed by atoms with E-state index in [4.69, 9.17) is 11.6 Å². The molecule has 0 aliphatic heterocycles. The maximum Gasteiger partial charge on any atom is 0.0440 e. The van der Waals surface area contributed by atoms with Crippen molar-refractivity contribution in [2.24, 2.45) is 5.92 Å². The highest BCUT2D eigenvalue weighted by Crippen LogP contribution is 2.30. The zero-order chi connectivity index (χ0) is 11.5. The van der Waals surface area contributed by atoms with Crippen molar-refractivity contribution in [3.05, 3.63) is 34.9 Å². The summed E-state index contributed by atoms with van der Waals surface area (Å²) in [5.41, 5.74) is 1.27. The molecule has 0 radical (unpaired) electrons. The molecule has 0 spiro atoms. The van der Waals surface area contributed by atoms with Crippen molar-refractivity contribution in [1.29, 1.82) is 0 Å². The second kappa shape index (κ2) is 5.20. The molecule has 0 bridgehead atoms. The first-order valence-electron chi connectivity index (χ1n) is 6.16. The molecular weight excluding hydrogens is 218 g/mol. The van der Waals surface area contributed by atoms with Crippen molar-refractivity contribution >= 4 is 11.6 Å². The highest BCUT2D eigenvalue weighted by Gasteiger charge is 2.23. The molecule has 1 aliphatic rings. The van der Waals surface area contributed by atoms with Crippen LogP contribution in [0.4, 0.5) is 0 Å². The van der Waals surface area contributed by atoms with Gasteiger partial charge in [0.25, 0.3) is 0 Å². The average Bonchev–Trinajstić information content (AvgIpc) is 3.09. The van der Waals surface area contributed by atoms with E-state index in [0.717, 1.165) is 17.6 Å². The molecule has 1 fully saturated rings. The molecule has 1 saturated carbocycles. The minimum Gasteiger partial charge on any atom is -0.314 e. The summed E-state index contributed by atoms with van der Waals surface area (Å²) in [7, 11) is 0. The van der Waals surface area contributed by atoms with Crippen LogP contribution in [0.15, 0.2) is 24.3 Å². The third-order valence-corrected chi connectivity index (χ3v) is 3.90. The van der Waals surface area contributed by atoms with Crippen LogP contribution >= 0.6 is 11.6 Å². The van der Waals surface area contributed by atoms with E-state index < -0.39 is 0 Å². The van der Waals surface area contributed by atoms with Gasteiger partial charge in [-0.25, -0.2) is 0 Å². The summed E-state index contributed by atoms with van der Waals surface area (Å²) in [6, 6.07) is 8.97. The first-order chi connectivity index (χ1) is 7.68. The van der Waals surface area contributed by atoms with E-state index in [1.54, 1.807) is 0 Å². The summed E-state index contributed by atoms with van der Waals surface area (Å²) in [6.07, 6.45) is 2.71. The number of hydrogen-bond acceptors (Lipinski definition) is 1. The van der Waals surface area contributed by atoms with Gasteiger partial charge in [-0.1, -0.05) is 43.6 Å². The second-order valence-electron chi connectivity index (χ2n) is 4.97. The summed E-state index contributed by atoms with van der Waals surface area (Å²) >= 11 is 6.22. The first-order valence-corrected chi connectivity index (χ1v) is 6.54. The largest absolute Gasteiger partial charge is 0.314 e. The summed E-state index contributed by atoms with van der Waals surface area (Å²) in [5.74, 6) is 1.14. The van der Waals surface area contributed by atoms with Crippen LogP contribution in [0, 0.1) is 5.92 Å². The molecule has 2 atom stereocenters. The number of benzene rings is 1. The molecular formula is C14H20ClN. The van der Waals surface area contributed by atoms with Crippen LogP contribution in [-0.4, -0.2) is 12.6 Å². The normalized spacial score (nSPS) is 19.4. The van der Waals surface area contributed by atoms with Gasteiger partial charge in [0.15, 0.2) is 0 Å². The highest BCUT2D eigenvalue weighted by atomic mass is 35.5. The fourth-order valence-corrected chi connectivity index (χ4v) is 2.28. The Hall–Kier alpha value is -0.530. The Kier molecular flexibility index (Phi) is 3.88. The molecule has 0 heterocycles. The lowest BCUT2D eigenvalue weighted by Crippen LogP contribution is -2.26. The number of nitrogens with one attached hydrogen (secondary N) is 1. The van der Waals surface area contributed by atoms with E-state index in [1.165, 1.54) is 18.4 Å². The molecule has 1 aromatic rings. The predicted molar refractivity (Wildman–Crippen MR) is 70.1 cm³/mol. The molecule has 2 rings (SSSR count). The molecule has 2 heteroatoms. The first kappa shape index (κ1) is 11.9. The zero-order valence-corrected chi connectivity index (χ0v) is 10.8. The number of halogens is 1. The van der Waals surface area contributed by atoms with Crippen LogP contribution in [0.5, 0.6) is 0 Å². The van der Waals surface area contributed by atoms with E-state index in [-0.39, 0.29) is 0 Å². The Morgan fingerprint density at radius 1 is 1.31 bits per heavy atom. The topological polar surface area (TPSA) is 12.0 Å². The maximum absolute atomic E-state index is 6.22. The molecule has 88 valence electrons. The van der Waals surface area contributed by atoms with Crippen molar-refractivity contribution in [3.63, 3.8) is 0 Å². The second-order valence-corrected chi connectivity index (χ2v) is 5.38. The van der Waals surface area contributed by atoms with Gasteiger partial charge in [-0.15, -0.1) is 0 Å². The Balaban J connectivity index is 1.94. The SMILES string of the molecule is CC(CNC1CC1)C(C)c1ccccc1Cl. The molecule has 1 nitrogen and oxygen atoms in total. The lowest BCUT2D eigenvalue weighted by atomic mass is 9.89. The number of rotatable bonds is 5. The summed E-state index contributed by atoms with van der Waals surface area (Å²) < 4.78 is 0. The van der Waals surface area contributed by atoms with Crippen molar-refractivity contribution in [3.8, 4) is 0 Å². The van der Waals surface area contributed by atoms with E-state index >= 15 is 0 Å². The van der Waals surface area contributed by atoms with Crippen LogP contribution in [-0.2, 0) is 0 Å². The molecule has 16 heavy (non-hydrogen) atoms. The van der Waals surface area contributed by atoms with E-state index in [0.29, 0.717) is 11.8 Å². The molecule has 0 aromatic heterocycles. The average molecular weight is 238 g/mol. The Labute approximate surface area is 103 Å². The van der Waals surface area contributed by atoms with Gasteiger partial charge >= 0.3 is 0 Å². The minimum absolute atomic E-state index is 0.514. The zero-order valence-electron chi connectivity index (χ0n) is 10.0. The fourth-order valence-electron chi connectivity index (χ4n) is 1.97. The van der Waals surface area contributed by atoms with Gasteiger partial charge in [0.2, 0.25) is 0 Å². The van der Waals surface area contributed by atoms with Crippen LogP contribution in [0.1, 0.15) is 38.2 Å². The van der Waals surface area contributed by atoms with Crippen LogP contribution in [0.25, 0.3) is 0 Å². The molecule has 0 saturated heterocycles. The predicted octanol–water partition coefficient (Wildman–Crippen LogP) is 3.83. The van der Waals surface area contributed by atoms with Crippen molar-refractivity contribution in [1.82, 2.24) is 5.32 Å².